The zero-order valence-electron chi connectivity index (χ0n) is 10.3. The molecule has 2 unspecified atom stereocenters. The van der Waals surface area contributed by atoms with Gasteiger partial charge in [0.15, 0.2) is 0 Å². The summed E-state index contributed by atoms with van der Waals surface area (Å²) in [5.74, 6) is 6.52. The minimum Gasteiger partial charge on any atom is -0.459 e. The molecule has 2 atom stereocenters. The summed E-state index contributed by atoms with van der Waals surface area (Å²) in [5.41, 5.74) is 3.74. The number of hydrogen-bond donors (Lipinski definition) is 2. The lowest BCUT2D eigenvalue weighted by molar-refractivity contribution is 0.0922. The summed E-state index contributed by atoms with van der Waals surface area (Å²) in [6, 6.07) is 10.1. The largest absolute Gasteiger partial charge is 0.459 e. The normalized spacial score (nSPS) is 21.5. The fourth-order valence-corrected chi connectivity index (χ4v) is 2.53. The zero-order chi connectivity index (χ0) is 12.4. The smallest absolute Gasteiger partial charge is 0.134 e. The molecule has 4 heteroatoms. The Labute approximate surface area is 106 Å². The van der Waals surface area contributed by atoms with E-state index in [1.807, 2.05) is 24.3 Å². The van der Waals surface area contributed by atoms with E-state index in [-0.39, 0.29) is 6.04 Å². The average Bonchev–Trinajstić information content (AvgIpc) is 3.04. The minimum atomic E-state index is 0.0144. The number of para-hydroxylation sites is 1. The third-order valence-electron chi connectivity index (χ3n) is 3.51. The number of ether oxygens (including phenoxy) is 1. The van der Waals surface area contributed by atoms with Crippen LogP contribution in [0.4, 0.5) is 0 Å². The Kier molecular flexibility index (Phi) is 3.32. The van der Waals surface area contributed by atoms with Gasteiger partial charge in [0.1, 0.15) is 11.3 Å². The van der Waals surface area contributed by atoms with Crippen LogP contribution in [0.5, 0.6) is 0 Å². The number of nitrogens with one attached hydrogen (secondary N) is 1. The molecule has 2 aromatic rings. The minimum absolute atomic E-state index is 0.0144. The van der Waals surface area contributed by atoms with E-state index in [2.05, 4.69) is 11.5 Å². The second-order valence-electron chi connectivity index (χ2n) is 4.78. The van der Waals surface area contributed by atoms with Crippen molar-refractivity contribution in [2.45, 2.75) is 31.4 Å². The third-order valence-corrected chi connectivity index (χ3v) is 3.51. The third kappa shape index (κ3) is 2.27. The lowest BCUT2D eigenvalue weighted by atomic mass is 10.1. The van der Waals surface area contributed by atoms with Crippen molar-refractivity contribution in [3.63, 3.8) is 0 Å². The molecule has 0 bridgehead atoms. The van der Waals surface area contributed by atoms with Crippen LogP contribution in [0.3, 0.4) is 0 Å². The molecule has 1 saturated heterocycles. The van der Waals surface area contributed by atoms with Crippen molar-refractivity contribution in [1.82, 2.24) is 5.43 Å². The molecule has 1 aromatic heterocycles. The quantitative estimate of drug-likeness (QED) is 0.643. The lowest BCUT2D eigenvalue weighted by Crippen LogP contribution is -2.30. The maximum atomic E-state index is 5.83. The number of rotatable bonds is 4. The molecule has 0 spiro atoms. The van der Waals surface area contributed by atoms with Crippen molar-refractivity contribution in [2.75, 3.05) is 6.61 Å². The molecular formula is C14H18N2O2. The topological polar surface area (TPSA) is 60.4 Å². The van der Waals surface area contributed by atoms with Crippen LogP contribution in [-0.2, 0) is 4.74 Å². The van der Waals surface area contributed by atoms with Crippen molar-refractivity contribution >= 4 is 11.0 Å². The fourth-order valence-electron chi connectivity index (χ4n) is 2.53. The van der Waals surface area contributed by atoms with E-state index < -0.39 is 0 Å². The van der Waals surface area contributed by atoms with E-state index in [1.165, 1.54) is 0 Å². The van der Waals surface area contributed by atoms with Crippen molar-refractivity contribution in [2.24, 2.45) is 5.84 Å². The van der Waals surface area contributed by atoms with E-state index in [0.29, 0.717) is 6.10 Å². The Bertz CT molecular complexity index is 484. The van der Waals surface area contributed by atoms with Gasteiger partial charge in [0.2, 0.25) is 0 Å². The summed E-state index contributed by atoms with van der Waals surface area (Å²) in [4.78, 5) is 0. The molecule has 1 fully saturated rings. The number of benzene rings is 1. The van der Waals surface area contributed by atoms with Gasteiger partial charge in [0.05, 0.1) is 12.1 Å². The Morgan fingerprint density at radius 2 is 2.28 bits per heavy atom. The molecule has 1 aliphatic heterocycles. The van der Waals surface area contributed by atoms with E-state index in [9.17, 15) is 0 Å². The first-order chi connectivity index (χ1) is 8.86. The molecule has 3 N–H and O–H groups in total. The Morgan fingerprint density at radius 1 is 1.39 bits per heavy atom. The molecule has 1 aromatic carbocycles. The maximum absolute atomic E-state index is 5.83. The predicted molar refractivity (Wildman–Crippen MR) is 69.9 cm³/mol. The molecule has 96 valence electrons. The van der Waals surface area contributed by atoms with Gasteiger partial charge in [-0.3, -0.25) is 5.84 Å². The van der Waals surface area contributed by atoms with Gasteiger partial charge in [-0.2, -0.15) is 0 Å². The molecule has 0 aliphatic carbocycles. The summed E-state index contributed by atoms with van der Waals surface area (Å²) in [6.07, 6.45) is 3.40. The number of fused-ring (bicyclic) bond motifs is 1. The van der Waals surface area contributed by atoms with E-state index in [4.69, 9.17) is 15.0 Å². The Balaban J connectivity index is 1.81. The van der Waals surface area contributed by atoms with E-state index >= 15 is 0 Å². The first-order valence-electron chi connectivity index (χ1n) is 6.43. The van der Waals surface area contributed by atoms with Crippen molar-refractivity contribution < 1.29 is 9.15 Å². The molecular weight excluding hydrogens is 228 g/mol. The second kappa shape index (κ2) is 5.10. The van der Waals surface area contributed by atoms with Crippen LogP contribution in [0, 0.1) is 0 Å². The van der Waals surface area contributed by atoms with Gasteiger partial charge < -0.3 is 9.15 Å². The van der Waals surface area contributed by atoms with Crippen LogP contribution in [0.2, 0.25) is 0 Å². The predicted octanol–water partition coefficient (Wildman–Crippen LogP) is 2.51. The van der Waals surface area contributed by atoms with Crippen LogP contribution in [0.25, 0.3) is 11.0 Å². The average molecular weight is 246 g/mol. The monoisotopic (exact) mass is 246 g/mol. The van der Waals surface area contributed by atoms with Gasteiger partial charge in [0.25, 0.3) is 0 Å². The standard InChI is InChI=1S/C14H18N2O2/c15-16-12(9-11-5-3-7-17-11)14-8-10-4-1-2-6-13(10)18-14/h1-2,4,6,8,11-12,16H,3,5,7,9,15H2. The van der Waals surface area contributed by atoms with Gasteiger partial charge in [-0.05, 0) is 31.4 Å². The van der Waals surface area contributed by atoms with Crippen molar-refractivity contribution in [3.8, 4) is 0 Å². The molecule has 3 rings (SSSR count). The van der Waals surface area contributed by atoms with Gasteiger partial charge in [-0.25, -0.2) is 5.43 Å². The summed E-state index contributed by atoms with van der Waals surface area (Å²) < 4.78 is 11.5. The maximum Gasteiger partial charge on any atom is 0.134 e. The van der Waals surface area contributed by atoms with Crippen LogP contribution < -0.4 is 11.3 Å². The van der Waals surface area contributed by atoms with Crippen LogP contribution in [0.15, 0.2) is 34.7 Å². The molecule has 1 aliphatic rings. The summed E-state index contributed by atoms with van der Waals surface area (Å²) in [7, 11) is 0. The Hall–Kier alpha value is -1.36. The summed E-state index contributed by atoms with van der Waals surface area (Å²) in [6.45, 7) is 0.863. The van der Waals surface area contributed by atoms with Gasteiger partial charge >= 0.3 is 0 Å². The molecule has 18 heavy (non-hydrogen) atoms. The highest BCUT2D eigenvalue weighted by Crippen LogP contribution is 2.28. The zero-order valence-corrected chi connectivity index (χ0v) is 10.3. The fraction of sp³-hybridized carbons (Fsp3) is 0.429. The van der Waals surface area contributed by atoms with Crippen molar-refractivity contribution in [3.05, 3.63) is 36.1 Å². The lowest BCUT2D eigenvalue weighted by Gasteiger charge is -2.17. The second-order valence-corrected chi connectivity index (χ2v) is 4.78. The van der Waals surface area contributed by atoms with Crippen molar-refractivity contribution in [1.29, 1.82) is 0 Å². The van der Waals surface area contributed by atoms with E-state index in [0.717, 1.165) is 42.6 Å². The molecule has 4 nitrogen and oxygen atoms in total. The van der Waals surface area contributed by atoms with Crippen LogP contribution >= 0.6 is 0 Å². The van der Waals surface area contributed by atoms with E-state index in [1.54, 1.807) is 0 Å². The molecule has 0 amide bonds. The highest BCUT2D eigenvalue weighted by atomic mass is 16.5. The molecule has 0 saturated carbocycles. The highest BCUT2D eigenvalue weighted by Gasteiger charge is 2.23. The Morgan fingerprint density at radius 3 is 3.00 bits per heavy atom. The highest BCUT2D eigenvalue weighted by molar-refractivity contribution is 5.77. The first kappa shape index (κ1) is 11.7. The molecule has 2 heterocycles. The number of hydrogen-bond acceptors (Lipinski definition) is 4. The molecule has 0 radical (unpaired) electrons. The van der Waals surface area contributed by atoms with Gasteiger partial charge in [0, 0.05) is 12.0 Å². The van der Waals surface area contributed by atoms with Gasteiger partial charge in [-0.1, -0.05) is 18.2 Å². The SMILES string of the molecule is NNC(CC1CCCO1)c1cc2ccccc2o1. The number of furan rings is 1. The van der Waals surface area contributed by atoms with Crippen LogP contribution in [0.1, 0.15) is 31.1 Å². The number of hydrazine groups is 1. The first-order valence-corrected chi connectivity index (χ1v) is 6.43. The number of nitrogens with two attached hydrogens (primary N) is 1. The van der Waals surface area contributed by atoms with Gasteiger partial charge in [-0.15, -0.1) is 0 Å². The van der Waals surface area contributed by atoms with Crippen LogP contribution in [-0.4, -0.2) is 12.7 Å². The summed E-state index contributed by atoms with van der Waals surface area (Å²) >= 11 is 0. The summed E-state index contributed by atoms with van der Waals surface area (Å²) in [5, 5.41) is 1.11.